The Balaban J connectivity index is 2.58. The fraction of sp³-hybridized carbons (Fsp3) is 0.818. The normalized spacial score (nSPS) is 20.0. The Morgan fingerprint density at radius 2 is 2.19 bits per heavy atom. The second-order valence-corrected chi connectivity index (χ2v) is 4.21. The van der Waals surface area contributed by atoms with Gasteiger partial charge in [-0.1, -0.05) is 0 Å². The number of amides is 2. The van der Waals surface area contributed by atoms with E-state index in [4.69, 9.17) is 4.74 Å². The van der Waals surface area contributed by atoms with Gasteiger partial charge in [0, 0.05) is 12.6 Å². The van der Waals surface area contributed by atoms with E-state index in [1.54, 1.807) is 11.8 Å². The molecule has 1 aliphatic heterocycles. The summed E-state index contributed by atoms with van der Waals surface area (Å²) < 4.78 is 4.95. The number of carbonyl (C=O) groups is 2. The molecule has 2 amide bonds. The van der Waals surface area contributed by atoms with Crippen LogP contribution in [0, 0.1) is 0 Å². The number of urea groups is 1. The zero-order chi connectivity index (χ0) is 12.1. The van der Waals surface area contributed by atoms with Crippen molar-refractivity contribution in [3.8, 4) is 0 Å². The molecule has 0 radical (unpaired) electrons. The summed E-state index contributed by atoms with van der Waals surface area (Å²) in [5.41, 5.74) is 0. The molecule has 1 aliphatic rings. The van der Waals surface area contributed by atoms with Crippen LogP contribution < -0.4 is 5.32 Å². The van der Waals surface area contributed by atoms with E-state index in [1.807, 2.05) is 13.8 Å². The number of ether oxygens (including phenoxy) is 1. The van der Waals surface area contributed by atoms with Gasteiger partial charge in [-0.25, -0.2) is 9.59 Å². The highest BCUT2D eigenvalue weighted by Crippen LogP contribution is 2.18. The molecule has 5 heteroatoms. The number of nitrogens with zero attached hydrogens (tertiary/aromatic N) is 1. The molecule has 92 valence electrons. The van der Waals surface area contributed by atoms with Crippen LogP contribution in [0.1, 0.15) is 33.6 Å². The Bertz CT molecular complexity index is 266. The van der Waals surface area contributed by atoms with Crippen LogP contribution in [0.2, 0.25) is 0 Å². The van der Waals surface area contributed by atoms with Crippen molar-refractivity contribution in [2.75, 3.05) is 13.2 Å². The monoisotopic (exact) mass is 228 g/mol. The average Bonchev–Trinajstić information content (AvgIpc) is 2.65. The van der Waals surface area contributed by atoms with Gasteiger partial charge >= 0.3 is 12.0 Å². The lowest BCUT2D eigenvalue weighted by atomic mass is 10.2. The first kappa shape index (κ1) is 12.8. The van der Waals surface area contributed by atoms with Gasteiger partial charge in [-0.2, -0.15) is 0 Å². The number of esters is 1. The van der Waals surface area contributed by atoms with E-state index >= 15 is 0 Å². The Labute approximate surface area is 96.1 Å². The maximum Gasteiger partial charge on any atom is 0.328 e. The predicted octanol–water partition coefficient (Wildman–Crippen LogP) is 1.13. The molecule has 0 aromatic rings. The van der Waals surface area contributed by atoms with E-state index in [9.17, 15) is 9.59 Å². The van der Waals surface area contributed by atoms with Gasteiger partial charge in [0.1, 0.15) is 6.04 Å². The van der Waals surface area contributed by atoms with Crippen LogP contribution in [0.4, 0.5) is 4.79 Å². The van der Waals surface area contributed by atoms with E-state index in [0.29, 0.717) is 19.6 Å². The third-order valence-corrected chi connectivity index (χ3v) is 2.48. The number of nitrogens with one attached hydrogen (secondary N) is 1. The summed E-state index contributed by atoms with van der Waals surface area (Å²) in [6.45, 7) is 6.54. The van der Waals surface area contributed by atoms with Crippen molar-refractivity contribution in [2.45, 2.75) is 45.7 Å². The zero-order valence-electron chi connectivity index (χ0n) is 10.2. The van der Waals surface area contributed by atoms with Crippen LogP contribution in [-0.2, 0) is 9.53 Å². The van der Waals surface area contributed by atoms with Gasteiger partial charge in [-0.05, 0) is 33.6 Å². The smallest absolute Gasteiger partial charge is 0.328 e. The molecule has 1 fully saturated rings. The average molecular weight is 228 g/mol. The fourth-order valence-corrected chi connectivity index (χ4v) is 1.82. The van der Waals surface area contributed by atoms with Crippen LogP contribution in [0.15, 0.2) is 0 Å². The van der Waals surface area contributed by atoms with Crippen molar-refractivity contribution >= 4 is 12.0 Å². The molecule has 1 N–H and O–H groups in total. The van der Waals surface area contributed by atoms with Gasteiger partial charge in [-0.15, -0.1) is 0 Å². The molecule has 1 heterocycles. The quantitative estimate of drug-likeness (QED) is 0.737. The first-order valence-corrected chi connectivity index (χ1v) is 5.80. The van der Waals surface area contributed by atoms with E-state index in [1.165, 1.54) is 0 Å². The molecular weight excluding hydrogens is 208 g/mol. The van der Waals surface area contributed by atoms with E-state index in [-0.39, 0.29) is 18.0 Å². The largest absolute Gasteiger partial charge is 0.464 e. The summed E-state index contributed by atoms with van der Waals surface area (Å²) >= 11 is 0. The highest BCUT2D eigenvalue weighted by Gasteiger charge is 2.35. The Kier molecular flexibility index (Phi) is 4.58. The summed E-state index contributed by atoms with van der Waals surface area (Å²) in [7, 11) is 0. The summed E-state index contributed by atoms with van der Waals surface area (Å²) in [6.07, 6.45) is 1.55. The van der Waals surface area contributed by atoms with Crippen LogP contribution in [0.5, 0.6) is 0 Å². The number of likely N-dealkylation sites (tertiary alicyclic amines) is 1. The molecule has 0 aliphatic carbocycles. The molecule has 0 spiro atoms. The summed E-state index contributed by atoms with van der Waals surface area (Å²) in [5, 5.41) is 2.79. The minimum absolute atomic E-state index is 0.0796. The van der Waals surface area contributed by atoms with Crippen LogP contribution in [0.25, 0.3) is 0 Å². The van der Waals surface area contributed by atoms with Crippen molar-refractivity contribution in [1.82, 2.24) is 10.2 Å². The first-order valence-electron chi connectivity index (χ1n) is 5.80. The third kappa shape index (κ3) is 3.12. The van der Waals surface area contributed by atoms with Crippen molar-refractivity contribution in [2.24, 2.45) is 0 Å². The highest BCUT2D eigenvalue weighted by molar-refractivity contribution is 5.84. The molecule has 16 heavy (non-hydrogen) atoms. The first-order chi connectivity index (χ1) is 7.56. The van der Waals surface area contributed by atoms with Crippen LogP contribution in [-0.4, -0.2) is 42.1 Å². The summed E-state index contributed by atoms with van der Waals surface area (Å²) in [6, 6.07) is -0.500. The fourth-order valence-electron chi connectivity index (χ4n) is 1.82. The van der Waals surface area contributed by atoms with Gasteiger partial charge in [0.2, 0.25) is 0 Å². The number of hydrogen-bond acceptors (Lipinski definition) is 3. The van der Waals surface area contributed by atoms with Crippen LogP contribution >= 0.6 is 0 Å². The predicted molar refractivity (Wildman–Crippen MR) is 60.0 cm³/mol. The SMILES string of the molecule is CCOC(=O)C1CCCN1C(=O)NC(C)C. The van der Waals surface area contributed by atoms with Crippen LogP contribution in [0.3, 0.4) is 0 Å². The number of carbonyl (C=O) groups excluding carboxylic acids is 2. The minimum Gasteiger partial charge on any atom is -0.464 e. The molecular formula is C11H20N2O3. The van der Waals surface area contributed by atoms with Crippen molar-refractivity contribution in [3.05, 3.63) is 0 Å². The van der Waals surface area contributed by atoms with Gasteiger partial charge in [0.25, 0.3) is 0 Å². The molecule has 1 atom stereocenters. The Hall–Kier alpha value is -1.26. The van der Waals surface area contributed by atoms with Crippen molar-refractivity contribution < 1.29 is 14.3 Å². The Morgan fingerprint density at radius 1 is 1.50 bits per heavy atom. The number of rotatable bonds is 3. The van der Waals surface area contributed by atoms with Gasteiger partial charge in [-0.3, -0.25) is 0 Å². The molecule has 0 saturated carbocycles. The third-order valence-electron chi connectivity index (χ3n) is 2.48. The molecule has 1 rings (SSSR count). The maximum absolute atomic E-state index is 11.8. The van der Waals surface area contributed by atoms with Crippen molar-refractivity contribution in [1.29, 1.82) is 0 Å². The van der Waals surface area contributed by atoms with Gasteiger partial charge < -0.3 is 15.0 Å². The molecule has 0 aromatic carbocycles. The second kappa shape index (κ2) is 5.72. The molecule has 0 bridgehead atoms. The summed E-state index contributed by atoms with van der Waals surface area (Å²) in [5.74, 6) is -0.293. The molecule has 1 saturated heterocycles. The zero-order valence-corrected chi connectivity index (χ0v) is 10.2. The minimum atomic E-state index is -0.404. The lowest BCUT2D eigenvalue weighted by Crippen LogP contribution is -2.48. The molecule has 5 nitrogen and oxygen atoms in total. The van der Waals surface area contributed by atoms with E-state index in [2.05, 4.69) is 5.32 Å². The standard InChI is InChI=1S/C11H20N2O3/c1-4-16-10(14)9-6-5-7-13(9)11(15)12-8(2)3/h8-9H,4-7H2,1-3H3,(H,12,15). The topological polar surface area (TPSA) is 58.6 Å². The van der Waals surface area contributed by atoms with Crippen molar-refractivity contribution in [3.63, 3.8) is 0 Å². The number of hydrogen-bond donors (Lipinski definition) is 1. The maximum atomic E-state index is 11.8. The summed E-state index contributed by atoms with van der Waals surface area (Å²) in [4.78, 5) is 25.0. The molecule has 0 aromatic heterocycles. The van der Waals surface area contributed by atoms with Gasteiger partial charge in [0.15, 0.2) is 0 Å². The molecule has 1 unspecified atom stereocenters. The highest BCUT2D eigenvalue weighted by atomic mass is 16.5. The second-order valence-electron chi connectivity index (χ2n) is 4.21. The van der Waals surface area contributed by atoms with Gasteiger partial charge in [0.05, 0.1) is 6.61 Å². The lowest BCUT2D eigenvalue weighted by Gasteiger charge is -2.24. The van der Waals surface area contributed by atoms with E-state index < -0.39 is 6.04 Å². The Morgan fingerprint density at radius 3 is 2.75 bits per heavy atom. The van der Waals surface area contributed by atoms with E-state index in [0.717, 1.165) is 6.42 Å². The lowest BCUT2D eigenvalue weighted by molar-refractivity contribution is -0.147.